The Morgan fingerprint density at radius 2 is 2.00 bits per heavy atom. The molecule has 0 fully saturated rings. The van der Waals surface area contributed by atoms with Crippen molar-refractivity contribution in [1.29, 1.82) is 0 Å². The van der Waals surface area contributed by atoms with E-state index in [-0.39, 0.29) is 0 Å². The highest BCUT2D eigenvalue weighted by Gasteiger charge is 2.33. The molecule has 1 aromatic heterocycles. The number of aryl methyl sites for hydroxylation is 1. The van der Waals surface area contributed by atoms with Gasteiger partial charge in [-0.25, -0.2) is 9.97 Å². The van der Waals surface area contributed by atoms with Crippen molar-refractivity contribution in [3.8, 4) is 0 Å². The molecule has 1 atom stereocenters. The molecule has 0 saturated carbocycles. The van der Waals surface area contributed by atoms with Crippen molar-refractivity contribution in [2.24, 2.45) is 11.5 Å². The lowest BCUT2D eigenvalue weighted by Crippen LogP contribution is -2.49. The number of primary amides is 1. The third kappa shape index (κ3) is 3.80. The van der Waals surface area contributed by atoms with Gasteiger partial charge in [0.2, 0.25) is 5.91 Å². The summed E-state index contributed by atoms with van der Waals surface area (Å²) in [7, 11) is 0. The Kier molecular flexibility index (Phi) is 4.93. The highest BCUT2D eigenvalue weighted by molar-refractivity contribution is 7.99. The minimum Gasteiger partial charge on any atom is -0.368 e. The standard InChI is InChI=1S/C15H18N4OS/c1-11-7-9-18-14(19-11)21-10-8-15(17,13(16)20)12-5-3-2-4-6-12/h2-7,9H,8,10,17H2,1H3,(H2,16,20). The lowest BCUT2D eigenvalue weighted by Gasteiger charge is -2.26. The van der Waals surface area contributed by atoms with Gasteiger partial charge in [-0.1, -0.05) is 42.1 Å². The highest BCUT2D eigenvalue weighted by atomic mass is 32.2. The van der Waals surface area contributed by atoms with Gasteiger partial charge >= 0.3 is 0 Å². The summed E-state index contributed by atoms with van der Waals surface area (Å²) in [6, 6.07) is 11.0. The summed E-state index contributed by atoms with van der Waals surface area (Å²) in [6.45, 7) is 1.91. The molecule has 5 nitrogen and oxygen atoms in total. The van der Waals surface area contributed by atoms with Crippen molar-refractivity contribution in [2.75, 3.05) is 5.75 Å². The number of hydrogen-bond acceptors (Lipinski definition) is 5. The molecule has 4 N–H and O–H groups in total. The first kappa shape index (κ1) is 15.5. The molecule has 0 spiro atoms. The lowest BCUT2D eigenvalue weighted by molar-refractivity contribution is -0.123. The number of aromatic nitrogens is 2. The van der Waals surface area contributed by atoms with Gasteiger partial charge in [0.25, 0.3) is 0 Å². The van der Waals surface area contributed by atoms with Gasteiger partial charge in [-0.3, -0.25) is 4.79 Å². The molecule has 0 aliphatic carbocycles. The quantitative estimate of drug-likeness (QED) is 0.624. The van der Waals surface area contributed by atoms with E-state index in [1.807, 2.05) is 43.3 Å². The molecule has 0 bridgehead atoms. The fourth-order valence-electron chi connectivity index (χ4n) is 1.94. The SMILES string of the molecule is Cc1ccnc(SCCC(N)(C(N)=O)c2ccccc2)n1. The number of benzene rings is 1. The summed E-state index contributed by atoms with van der Waals surface area (Å²) in [5.74, 6) is 0.0806. The summed E-state index contributed by atoms with van der Waals surface area (Å²) in [5.41, 5.74) is 12.2. The van der Waals surface area contributed by atoms with E-state index in [9.17, 15) is 4.79 Å². The topological polar surface area (TPSA) is 94.9 Å². The predicted molar refractivity (Wildman–Crippen MR) is 83.6 cm³/mol. The van der Waals surface area contributed by atoms with Gasteiger partial charge in [0.05, 0.1) is 0 Å². The molecule has 21 heavy (non-hydrogen) atoms. The van der Waals surface area contributed by atoms with Gasteiger partial charge in [-0.2, -0.15) is 0 Å². The predicted octanol–water partition coefficient (Wildman–Crippen LogP) is 1.61. The average molecular weight is 302 g/mol. The zero-order valence-electron chi connectivity index (χ0n) is 11.8. The molecular formula is C15H18N4OS. The van der Waals surface area contributed by atoms with Crippen molar-refractivity contribution >= 4 is 17.7 Å². The van der Waals surface area contributed by atoms with E-state index in [0.717, 1.165) is 11.3 Å². The molecule has 1 heterocycles. The molecule has 0 radical (unpaired) electrons. The maximum absolute atomic E-state index is 11.8. The molecule has 1 unspecified atom stereocenters. The van der Waals surface area contributed by atoms with E-state index >= 15 is 0 Å². The van der Waals surface area contributed by atoms with Crippen molar-refractivity contribution in [1.82, 2.24) is 9.97 Å². The second kappa shape index (κ2) is 6.69. The van der Waals surface area contributed by atoms with Crippen LogP contribution in [0.2, 0.25) is 0 Å². The number of carbonyl (C=O) groups excluding carboxylic acids is 1. The largest absolute Gasteiger partial charge is 0.368 e. The molecule has 2 rings (SSSR count). The summed E-state index contributed by atoms with van der Waals surface area (Å²) in [6.07, 6.45) is 2.14. The van der Waals surface area contributed by atoms with Crippen LogP contribution in [0.5, 0.6) is 0 Å². The third-order valence-electron chi connectivity index (χ3n) is 3.23. The van der Waals surface area contributed by atoms with Gasteiger partial charge in [0.1, 0.15) is 5.54 Å². The van der Waals surface area contributed by atoms with Gasteiger partial charge in [-0.15, -0.1) is 0 Å². The van der Waals surface area contributed by atoms with E-state index in [0.29, 0.717) is 17.3 Å². The van der Waals surface area contributed by atoms with Crippen LogP contribution in [0.25, 0.3) is 0 Å². The first-order valence-corrected chi connectivity index (χ1v) is 7.58. The van der Waals surface area contributed by atoms with Crippen molar-refractivity contribution in [3.63, 3.8) is 0 Å². The number of nitrogens with two attached hydrogens (primary N) is 2. The molecule has 110 valence electrons. The van der Waals surface area contributed by atoms with E-state index in [2.05, 4.69) is 9.97 Å². The minimum atomic E-state index is -1.17. The minimum absolute atomic E-state index is 0.425. The Balaban J connectivity index is 2.06. The van der Waals surface area contributed by atoms with Gasteiger partial charge < -0.3 is 11.5 Å². The van der Waals surface area contributed by atoms with E-state index < -0.39 is 11.4 Å². The van der Waals surface area contributed by atoms with Crippen LogP contribution in [0, 0.1) is 6.92 Å². The van der Waals surface area contributed by atoms with Crippen LogP contribution in [-0.4, -0.2) is 21.6 Å². The van der Waals surface area contributed by atoms with Crippen LogP contribution in [-0.2, 0) is 10.3 Å². The van der Waals surface area contributed by atoms with Gasteiger partial charge in [0, 0.05) is 17.6 Å². The van der Waals surface area contributed by atoms with Crippen LogP contribution in [0.4, 0.5) is 0 Å². The smallest absolute Gasteiger partial charge is 0.242 e. The van der Waals surface area contributed by atoms with Gasteiger partial charge in [-0.05, 0) is 25.0 Å². The zero-order valence-corrected chi connectivity index (χ0v) is 12.6. The van der Waals surface area contributed by atoms with Crippen LogP contribution in [0.15, 0.2) is 47.8 Å². The van der Waals surface area contributed by atoms with Crippen LogP contribution < -0.4 is 11.5 Å². The first-order chi connectivity index (χ1) is 10.0. The molecule has 1 amide bonds. The normalized spacial score (nSPS) is 13.6. The Morgan fingerprint density at radius 1 is 1.29 bits per heavy atom. The number of hydrogen-bond donors (Lipinski definition) is 2. The lowest BCUT2D eigenvalue weighted by atomic mass is 9.88. The molecule has 6 heteroatoms. The molecule has 1 aromatic carbocycles. The Labute approximate surface area is 128 Å². The van der Waals surface area contributed by atoms with Crippen molar-refractivity contribution in [2.45, 2.75) is 24.0 Å². The summed E-state index contributed by atoms with van der Waals surface area (Å²) < 4.78 is 0. The monoisotopic (exact) mass is 302 g/mol. The number of carbonyl (C=O) groups is 1. The third-order valence-corrected chi connectivity index (χ3v) is 4.09. The fourth-order valence-corrected chi connectivity index (χ4v) is 2.89. The maximum atomic E-state index is 11.8. The fraction of sp³-hybridized carbons (Fsp3) is 0.267. The van der Waals surface area contributed by atoms with Gasteiger partial charge in [0.15, 0.2) is 5.16 Å². The highest BCUT2D eigenvalue weighted by Crippen LogP contribution is 2.25. The Morgan fingerprint density at radius 3 is 2.62 bits per heavy atom. The molecular weight excluding hydrogens is 284 g/mol. The summed E-state index contributed by atoms with van der Waals surface area (Å²) in [5, 5.41) is 0.676. The number of rotatable bonds is 6. The molecule has 0 aliphatic rings. The number of thioether (sulfide) groups is 1. The van der Waals surface area contributed by atoms with E-state index in [1.54, 1.807) is 6.20 Å². The van der Waals surface area contributed by atoms with E-state index in [4.69, 9.17) is 11.5 Å². The molecule has 2 aromatic rings. The molecule has 0 aliphatic heterocycles. The summed E-state index contributed by atoms with van der Waals surface area (Å²) >= 11 is 1.46. The summed E-state index contributed by atoms with van der Waals surface area (Å²) in [4.78, 5) is 20.3. The average Bonchev–Trinajstić information content (AvgIpc) is 2.48. The zero-order chi connectivity index (χ0) is 15.3. The first-order valence-electron chi connectivity index (χ1n) is 6.59. The number of nitrogens with zero attached hydrogens (tertiary/aromatic N) is 2. The van der Waals surface area contributed by atoms with E-state index in [1.165, 1.54) is 11.8 Å². The second-order valence-corrected chi connectivity index (χ2v) is 5.84. The van der Waals surface area contributed by atoms with Crippen LogP contribution in [0.1, 0.15) is 17.7 Å². The van der Waals surface area contributed by atoms with Crippen molar-refractivity contribution < 1.29 is 4.79 Å². The second-order valence-electron chi connectivity index (χ2n) is 4.78. The maximum Gasteiger partial charge on any atom is 0.242 e. The van der Waals surface area contributed by atoms with Crippen molar-refractivity contribution in [3.05, 3.63) is 53.9 Å². The van der Waals surface area contributed by atoms with Crippen LogP contribution >= 0.6 is 11.8 Å². The Hall–Kier alpha value is -1.92. The molecule has 0 saturated heterocycles. The Bertz CT molecular complexity index is 620. The van der Waals surface area contributed by atoms with Crippen LogP contribution in [0.3, 0.4) is 0 Å². The number of amides is 1.